The average molecular weight is 418 g/mol. The quantitative estimate of drug-likeness (QED) is 0.493. The predicted octanol–water partition coefficient (Wildman–Crippen LogP) is 6.21. The first-order valence-corrected chi connectivity index (χ1v) is 11.9. The van der Waals surface area contributed by atoms with Gasteiger partial charge in [-0.15, -0.1) is 0 Å². The van der Waals surface area contributed by atoms with Crippen molar-refractivity contribution in [1.29, 1.82) is 0 Å². The van der Waals surface area contributed by atoms with Crippen molar-refractivity contribution in [2.75, 3.05) is 5.75 Å². The van der Waals surface area contributed by atoms with E-state index < -0.39 is 0 Å². The van der Waals surface area contributed by atoms with Crippen molar-refractivity contribution < 1.29 is 0 Å². The summed E-state index contributed by atoms with van der Waals surface area (Å²) in [6.45, 7) is 2.28. The van der Waals surface area contributed by atoms with Crippen LogP contribution in [-0.4, -0.2) is 26.8 Å². The Morgan fingerprint density at radius 2 is 1.72 bits per heavy atom. The lowest BCUT2D eigenvalue weighted by molar-refractivity contribution is 0.255. The molecule has 0 spiro atoms. The standard InChI is InChI=1S/C24H23N3S2/c1-2-18-16-28-24-26-22(21-10-6-7-15-25-21)23(27(18)24)17-11-13-20(14-12-17)29-19-8-4-3-5-9-19/h3-15,18,22-23H,2,16H2,1H3/t18-,22-,23-/m1/s1. The van der Waals surface area contributed by atoms with Crippen molar-refractivity contribution >= 4 is 28.7 Å². The van der Waals surface area contributed by atoms with Crippen LogP contribution in [0.1, 0.15) is 36.7 Å². The van der Waals surface area contributed by atoms with E-state index in [1.807, 2.05) is 24.0 Å². The fourth-order valence-corrected chi connectivity index (χ4v) is 6.24. The summed E-state index contributed by atoms with van der Waals surface area (Å²) in [5, 5.41) is 1.18. The number of rotatable bonds is 5. The first kappa shape index (κ1) is 18.8. The van der Waals surface area contributed by atoms with Gasteiger partial charge in [0.15, 0.2) is 5.17 Å². The molecule has 0 radical (unpaired) electrons. The van der Waals surface area contributed by atoms with Gasteiger partial charge < -0.3 is 4.90 Å². The van der Waals surface area contributed by atoms with Crippen LogP contribution in [0.3, 0.4) is 0 Å². The lowest BCUT2D eigenvalue weighted by Crippen LogP contribution is -2.35. The van der Waals surface area contributed by atoms with Gasteiger partial charge in [0.1, 0.15) is 6.04 Å². The molecule has 0 bridgehead atoms. The number of hydrogen-bond acceptors (Lipinski definition) is 5. The Labute approximate surface area is 180 Å². The largest absolute Gasteiger partial charge is 0.338 e. The van der Waals surface area contributed by atoms with Crippen molar-refractivity contribution in [2.45, 2.75) is 41.3 Å². The number of aliphatic imine (C=N–C) groups is 1. The highest BCUT2D eigenvalue weighted by molar-refractivity contribution is 8.14. The minimum absolute atomic E-state index is 0.0562. The van der Waals surface area contributed by atoms with Gasteiger partial charge in [0.05, 0.1) is 11.7 Å². The van der Waals surface area contributed by atoms with E-state index >= 15 is 0 Å². The monoisotopic (exact) mass is 417 g/mol. The summed E-state index contributed by atoms with van der Waals surface area (Å²) in [6, 6.07) is 26.5. The van der Waals surface area contributed by atoms with Crippen LogP contribution >= 0.6 is 23.5 Å². The number of pyridine rings is 1. The number of fused-ring (bicyclic) bond motifs is 1. The summed E-state index contributed by atoms with van der Waals surface area (Å²) in [6.07, 6.45) is 3.01. The van der Waals surface area contributed by atoms with Gasteiger partial charge >= 0.3 is 0 Å². The van der Waals surface area contributed by atoms with E-state index in [4.69, 9.17) is 4.99 Å². The van der Waals surface area contributed by atoms with E-state index in [0.29, 0.717) is 6.04 Å². The van der Waals surface area contributed by atoms with E-state index in [1.54, 1.807) is 11.8 Å². The Hall–Kier alpha value is -2.24. The fourth-order valence-electron chi connectivity index (χ4n) is 4.07. The molecule has 1 aromatic heterocycles. The Kier molecular flexibility index (Phi) is 5.34. The van der Waals surface area contributed by atoms with Crippen LogP contribution in [0.4, 0.5) is 0 Å². The molecule has 5 heteroatoms. The third-order valence-corrected chi connectivity index (χ3v) is 7.67. The molecule has 3 nitrogen and oxygen atoms in total. The van der Waals surface area contributed by atoms with Gasteiger partial charge in [-0.2, -0.15) is 0 Å². The van der Waals surface area contributed by atoms with Crippen LogP contribution in [0.5, 0.6) is 0 Å². The molecule has 0 saturated carbocycles. The van der Waals surface area contributed by atoms with Crippen LogP contribution < -0.4 is 0 Å². The molecule has 146 valence electrons. The predicted molar refractivity (Wildman–Crippen MR) is 123 cm³/mol. The first-order chi connectivity index (χ1) is 14.3. The second-order valence-corrected chi connectivity index (χ2v) is 9.45. The zero-order chi connectivity index (χ0) is 19.6. The fraction of sp³-hybridized carbons (Fsp3) is 0.250. The zero-order valence-electron chi connectivity index (χ0n) is 16.3. The summed E-state index contributed by atoms with van der Waals surface area (Å²) in [4.78, 5) is 14.8. The highest BCUT2D eigenvalue weighted by Crippen LogP contribution is 2.48. The van der Waals surface area contributed by atoms with Crippen LogP contribution in [0.2, 0.25) is 0 Å². The molecule has 3 heterocycles. The maximum atomic E-state index is 5.10. The first-order valence-electron chi connectivity index (χ1n) is 10.1. The number of thioether (sulfide) groups is 1. The zero-order valence-corrected chi connectivity index (χ0v) is 17.9. The Morgan fingerprint density at radius 3 is 2.45 bits per heavy atom. The molecule has 29 heavy (non-hydrogen) atoms. The highest BCUT2D eigenvalue weighted by Gasteiger charge is 2.45. The molecule has 0 aliphatic carbocycles. The molecule has 0 amide bonds. The van der Waals surface area contributed by atoms with Crippen LogP contribution in [0, 0.1) is 0 Å². The molecule has 1 fully saturated rings. The highest BCUT2D eigenvalue weighted by atomic mass is 32.2. The van der Waals surface area contributed by atoms with Crippen molar-refractivity contribution in [1.82, 2.24) is 9.88 Å². The molecule has 3 atom stereocenters. The number of benzene rings is 2. The maximum Gasteiger partial charge on any atom is 0.160 e. The smallest absolute Gasteiger partial charge is 0.160 e. The molecule has 0 unspecified atom stereocenters. The van der Waals surface area contributed by atoms with Gasteiger partial charge in [0, 0.05) is 27.8 Å². The normalized spacial score (nSPS) is 23.1. The number of hydrogen-bond donors (Lipinski definition) is 0. The van der Waals surface area contributed by atoms with Crippen LogP contribution in [0.15, 0.2) is 93.8 Å². The topological polar surface area (TPSA) is 28.5 Å². The summed E-state index contributed by atoms with van der Waals surface area (Å²) in [7, 11) is 0. The summed E-state index contributed by atoms with van der Waals surface area (Å²) in [5.74, 6) is 1.13. The van der Waals surface area contributed by atoms with E-state index in [1.165, 1.54) is 20.5 Å². The molecular formula is C24H23N3S2. The summed E-state index contributed by atoms with van der Waals surface area (Å²) in [5.41, 5.74) is 2.37. The minimum Gasteiger partial charge on any atom is -0.338 e. The van der Waals surface area contributed by atoms with Crippen LogP contribution in [-0.2, 0) is 0 Å². The number of amidine groups is 1. The van der Waals surface area contributed by atoms with Gasteiger partial charge in [-0.1, -0.05) is 66.8 Å². The third-order valence-electron chi connectivity index (χ3n) is 5.53. The Bertz CT molecular complexity index is 990. The second-order valence-electron chi connectivity index (χ2n) is 7.32. The van der Waals surface area contributed by atoms with Gasteiger partial charge in [-0.05, 0) is 48.4 Å². The lowest BCUT2D eigenvalue weighted by Gasteiger charge is -2.32. The molecule has 1 saturated heterocycles. The number of nitrogens with zero attached hydrogens (tertiary/aromatic N) is 3. The summed E-state index contributed by atoms with van der Waals surface area (Å²) >= 11 is 3.69. The average Bonchev–Trinajstić information content (AvgIpc) is 3.35. The molecule has 2 aliphatic heterocycles. The minimum atomic E-state index is 0.0562. The Balaban J connectivity index is 1.46. The SMILES string of the molecule is CC[C@@H]1CSC2=N[C@H](c3ccccn3)[C@@H](c3ccc(Sc4ccccc4)cc3)N21. The summed E-state index contributed by atoms with van der Waals surface area (Å²) < 4.78 is 0. The number of aromatic nitrogens is 1. The van der Waals surface area contributed by atoms with E-state index in [0.717, 1.165) is 17.9 Å². The van der Waals surface area contributed by atoms with Gasteiger partial charge in [-0.25, -0.2) is 0 Å². The molecular weight excluding hydrogens is 394 g/mol. The molecule has 2 aromatic carbocycles. The van der Waals surface area contributed by atoms with E-state index in [2.05, 4.69) is 83.5 Å². The van der Waals surface area contributed by atoms with Crippen LogP contribution in [0.25, 0.3) is 0 Å². The molecule has 3 aromatic rings. The molecule has 5 rings (SSSR count). The Morgan fingerprint density at radius 1 is 0.966 bits per heavy atom. The van der Waals surface area contributed by atoms with Gasteiger partial charge in [0.25, 0.3) is 0 Å². The maximum absolute atomic E-state index is 5.10. The lowest BCUT2D eigenvalue weighted by atomic mass is 9.95. The molecule has 2 aliphatic rings. The van der Waals surface area contributed by atoms with E-state index in [9.17, 15) is 0 Å². The second kappa shape index (κ2) is 8.25. The van der Waals surface area contributed by atoms with Crippen molar-refractivity contribution in [3.63, 3.8) is 0 Å². The van der Waals surface area contributed by atoms with Gasteiger partial charge in [0.2, 0.25) is 0 Å². The van der Waals surface area contributed by atoms with Crippen molar-refractivity contribution in [3.05, 3.63) is 90.3 Å². The third kappa shape index (κ3) is 3.69. The van der Waals surface area contributed by atoms with Crippen molar-refractivity contribution in [2.24, 2.45) is 4.99 Å². The van der Waals surface area contributed by atoms with Crippen molar-refractivity contribution in [3.8, 4) is 0 Å². The molecule has 0 N–H and O–H groups in total. The van der Waals surface area contributed by atoms with E-state index in [-0.39, 0.29) is 12.1 Å². The van der Waals surface area contributed by atoms with Gasteiger partial charge in [-0.3, -0.25) is 9.98 Å².